The summed E-state index contributed by atoms with van der Waals surface area (Å²) >= 11 is 0. The maximum absolute atomic E-state index is 12.1. The third-order valence-corrected chi connectivity index (χ3v) is 4.79. The fourth-order valence-corrected chi connectivity index (χ4v) is 3.80. The fraction of sp³-hybridized carbons (Fsp3) is 0.500. The Morgan fingerprint density at radius 1 is 1.38 bits per heavy atom. The van der Waals surface area contributed by atoms with Crippen molar-refractivity contribution in [3.63, 3.8) is 0 Å². The molecule has 116 valence electrons. The Bertz CT molecular complexity index is 596. The number of hydrogen-bond donors (Lipinski definition) is 2. The Hall–Kier alpha value is -1.44. The number of carboxylic acid groups (broad SMARTS) is 1. The molecule has 2 unspecified atom stereocenters. The first-order valence-corrected chi connectivity index (χ1v) is 8.45. The van der Waals surface area contributed by atoms with E-state index in [1.807, 2.05) is 6.92 Å². The van der Waals surface area contributed by atoms with Gasteiger partial charge in [-0.3, -0.25) is 0 Å². The van der Waals surface area contributed by atoms with Crippen LogP contribution in [0.5, 0.6) is 0 Å². The van der Waals surface area contributed by atoms with Crippen molar-refractivity contribution in [3.05, 3.63) is 35.4 Å². The van der Waals surface area contributed by atoms with Gasteiger partial charge in [-0.2, -0.15) is 0 Å². The minimum atomic E-state index is -3.44. The van der Waals surface area contributed by atoms with Gasteiger partial charge in [0.1, 0.15) is 0 Å². The van der Waals surface area contributed by atoms with Crippen molar-refractivity contribution < 1.29 is 23.1 Å². The summed E-state index contributed by atoms with van der Waals surface area (Å²) in [5.74, 6) is -1.18. The molecule has 2 atom stereocenters. The standard InChI is InChI=1S/C14H19NO5S/c1-10-8-13(6-7-20-10)15-21(18,19)9-11-2-4-12(5-3-11)14(16)17/h2-5,10,13,15H,6-9H2,1H3,(H,16,17). The van der Waals surface area contributed by atoms with Gasteiger partial charge in [0.2, 0.25) is 10.0 Å². The Morgan fingerprint density at radius 3 is 2.62 bits per heavy atom. The molecule has 6 nitrogen and oxygen atoms in total. The number of sulfonamides is 1. The largest absolute Gasteiger partial charge is 0.478 e. The van der Waals surface area contributed by atoms with Gasteiger partial charge in [0.15, 0.2) is 0 Å². The molecule has 0 aromatic heterocycles. The molecule has 1 fully saturated rings. The zero-order valence-corrected chi connectivity index (χ0v) is 12.6. The monoisotopic (exact) mass is 313 g/mol. The zero-order chi connectivity index (χ0) is 15.5. The molecule has 1 aromatic rings. The predicted molar refractivity (Wildman–Crippen MR) is 77.6 cm³/mol. The lowest BCUT2D eigenvalue weighted by Crippen LogP contribution is -2.41. The molecule has 7 heteroatoms. The molecule has 1 heterocycles. The van der Waals surface area contributed by atoms with Crippen LogP contribution in [0.25, 0.3) is 0 Å². The van der Waals surface area contributed by atoms with Crippen LogP contribution in [0.3, 0.4) is 0 Å². The summed E-state index contributed by atoms with van der Waals surface area (Å²) in [5, 5.41) is 8.81. The minimum Gasteiger partial charge on any atom is -0.478 e. The van der Waals surface area contributed by atoms with Gasteiger partial charge in [-0.25, -0.2) is 17.9 Å². The summed E-state index contributed by atoms with van der Waals surface area (Å²) in [5.41, 5.74) is 0.704. The number of nitrogens with one attached hydrogen (secondary N) is 1. The van der Waals surface area contributed by atoms with E-state index in [0.717, 1.165) is 0 Å². The molecule has 0 saturated carbocycles. The van der Waals surface area contributed by atoms with Crippen molar-refractivity contribution >= 4 is 16.0 Å². The number of rotatable bonds is 5. The SMILES string of the molecule is CC1CC(NS(=O)(=O)Cc2ccc(C(=O)O)cc2)CCO1. The molecule has 0 amide bonds. The van der Waals surface area contributed by atoms with Gasteiger partial charge in [-0.1, -0.05) is 12.1 Å². The van der Waals surface area contributed by atoms with Crippen LogP contribution in [0.4, 0.5) is 0 Å². The molecule has 1 aliphatic rings. The second-order valence-corrected chi connectivity index (χ2v) is 7.04. The third-order valence-electron chi connectivity index (χ3n) is 3.39. The smallest absolute Gasteiger partial charge is 0.335 e. The first-order valence-electron chi connectivity index (χ1n) is 6.79. The van der Waals surface area contributed by atoms with Crippen LogP contribution in [0.2, 0.25) is 0 Å². The minimum absolute atomic E-state index is 0.0568. The van der Waals surface area contributed by atoms with Gasteiger partial charge in [-0.15, -0.1) is 0 Å². The van der Waals surface area contributed by atoms with Gasteiger partial charge in [0.25, 0.3) is 0 Å². The molecule has 1 saturated heterocycles. The van der Waals surface area contributed by atoms with Crippen molar-refractivity contribution in [2.75, 3.05) is 6.61 Å². The zero-order valence-electron chi connectivity index (χ0n) is 11.8. The number of hydrogen-bond acceptors (Lipinski definition) is 4. The Kier molecular flexibility index (Phi) is 4.97. The van der Waals surface area contributed by atoms with E-state index in [1.54, 1.807) is 0 Å². The Morgan fingerprint density at radius 2 is 2.05 bits per heavy atom. The first kappa shape index (κ1) is 15.9. The molecule has 2 N–H and O–H groups in total. The maximum atomic E-state index is 12.1. The van der Waals surface area contributed by atoms with Crippen molar-refractivity contribution in [1.29, 1.82) is 0 Å². The van der Waals surface area contributed by atoms with E-state index in [1.165, 1.54) is 24.3 Å². The topological polar surface area (TPSA) is 92.7 Å². The summed E-state index contributed by atoms with van der Waals surface area (Å²) in [6.45, 7) is 2.48. The molecule has 1 aromatic carbocycles. The van der Waals surface area contributed by atoms with Gasteiger partial charge >= 0.3 is 5.97 Å². The van der Waals surface area contributed by atoms with E-state index in [-0.39, 0.29) is 23.5 Å². The van der Waals surface area contributed by atoms with Crippen LogP contribution in [-0.4, -0.2) is 38.2 Å². The first-order chi connectivity index (χ1) is 9.85. The van der Waals surface area contributed by atoms with E-state index >= 15 is 0 Å². The van der Waals surface area contributed by atoms with Crippen LogP contribution >= 0.6 is 0 Å². The van der Waals surface area contributed by atoms with Gasteiger partial charge < -0.3 is 9.84 Å². The second kappa shape index (κ2) is 6.55. The normalized spacial score (nSPS) is 22.9. The quantitative estimate of drug-likeness (QED) is 0.856. The Balaban J connectivity index is 1.98. The average Bonchev–Trinajstić information content (AvgIpc) is 2.38. The summed E-state index contributed by atoms with van der Waals surface area (Å²) < 4.78 is 32.3. The summed E-state index contributed by atoms with van der Waals surface area (Å²) in [4.78, 5) is 10.7. The molecule has 21 heavy (non-hydrogen) atoms. The molecule has 0 radical (unpaired) electrons. The molecule has 0 aliphatic carbocycles. The predicted octanol–water partition coefficient (Wildman–Crippen LogP) is 1.37. The van der Waals surface area contributed by atoms with Crippen LogP contribution in [0.1, 0.15) is 35.7 Å². The molecule has 2 rings (SSSR count). The highest BCUT2D eigenvalue weighted by molar-refractivity contribution is 7.88. The van der Waals surface area contributed by atoms with Crippen LogP contribution in [0, 0.1) is 0 Å². The summed E-state index contributed by atoms with van der Waals surface area (Å²) in [6.07, 6.45) is 1.39. The average molecular weight is 313 g/mol. The highest BCUT2D eigenvalue weighted by Gasteiger charge is 2.24. The number of benzene rings is 1. The van der Waals surface area contributed by atoms with Crippen LogP contribution in [0.15, 0.2) is 24.3 Å². The highest BCUT2D eigenvalue weighted by atomic mass is 32.2. The number of carbonyl (C=O) groups is 1. The highest BCUT2D eigenvalue weighted by Crippen LogP contribution is 2.15. The van der Waals surface area contributed by atoms with E-state index < -0.39 is 16.0 Å². The lowest BCUT2D eigenvalue weighted by molar-refractivity contribution is 0.0173. The van der Waals surface area contributed by atoms with E-state index in [9.17, 15) is 13.2 Å². The van der Waals surface area contributed by atoms with Crippen molar-refractivity contribution in [2.24, 2.45) is 0 Å². The van der Waals surface area contributed by atoms with E-state index in [0.29, 0.717) is 25.0 Å². The lowest BCUT2D eigenvalue weighted by Gasteiger charge is -2.27. The van der Waals surface area contributed by atoms with Gasteiger partial charge in [0, 0.05) is 12.6 Å². The Labute approximate surface area is 124 Å². The van der Waals surface area contributed by atoms with Crippen molar-refractivity contribution in [3.8, 4) is 0 Å². The molecular weight excluding hydrogens is 294 g/mol. The molecule has 1 aliphatic heterocycles. The number of aromatic carboxylic acids is 1. The van der Waals surface area contributed by atoms with Crippen LogP contribution in [-0.2, 0) is 20.5 Å². The van der Waals surface area contributed by atoms with Gasteiger partial charge in [0.05, 0.1) is 17.4 Å². The van der Waals surface area contributed by atoms with Crippen molar-refractivity contribution in [2.45, 2.75) is 37.7 Å². The summed E-state index contributed by atoms with van der Waals surface area (Å²) in [7, 11) is -3.44. The number of carboxylic acids is 1. The van der Waals surface area contributed by atoms with E-state index in [4.69, 9.17) is 9.84 Å². The molecule has 0 spiro atoms. The summed E-state index contributed by atoms with van der Waals surface area (Å²) in [6, 6.07) is 5.76. The van der Waals surface area contributed by atoms with Crippen molar-refractivity contribution in [1.82, 2.24) is 4.72 Å². The fourth-order valence-electron chi connectivity index (χ4n) is 2.36. The second-order valence-electron chi connectivity index (χ2n) is 5.28. The maximum Gasteiger partial charge on any atom is 0.335 e. The van der Waals surface area contributed by atoms with Gasteiger partial charge in [-0.05, 0) is 37.5 Å². The molecular formula is C14H19NO5S. The molecule has 0 bridgehead atoms. The van der Waals surface area contributed by atoms with Crippen LogP contribution < -0.4 is 4.72 Å². The third kappa shape index (κ3) is 4.80. The van der Waals surface area contributed by atoms with E-state index in [2.05, 4.69) is 4.72 Å². The lowest BCUT2D eigenvalue weighted by atomic mass is 10.1. The number of ether oxygens (including phenoxy) is 1.